The van der Waals surface area contributed by atoms with Crippen molar-refractivity contribution in [2.45, 2.75) is 20.4 Å². The van der Waals surface area contributed by atoms with Crippen molar-refractivity contribution >= 4 is 12.4 Å². The Labute approximate surface area is 101 Å². The van der Waals surface area contributed by atoms with E-state index in [4.69, 9.17) is 5.73 Å². The monoisotopic (exact) mass is 238 g/mol. The van der Waals surface area contributed by atoms with E-state index in [1.807, 2.05) is 36.7 Å². The van der Waals surface area contributed by atoms with Crippen LogP contribution in [0.15, 0.2) is 24.4 Å². The molecule has 5 heteroatoms. The minimum atomic E-state index is 0. The molecule has 4 nitrogen and oxygen atoms in total. The van der Waals surface area contributed by atoms with Crippen LogP contribution in [0, 0.1) is 13.8 Å². The maximum Gasteiger partial charge on any atom is 0.153 e. The average molecular weight is 239 g/mol. The van der Waals surface area contributed by atoms with Crippen molar-refractivity contribution in [1.82, 2.24) is 14.8 Å². The van der Waals surface area contributed by atoms with Crippen LogP contribution in [-0.2, 0) is 6.54 Å². The molecule has 0 aliphatic heterocycles. The Kier molecular flexibility index (Phi) is 4.04. The third-order valence-corrected chi connectivity index (χ3v) is 2.27. The van der Waals surface area contributed by atoms with Crippen molar-refractivity contribution in [2.24, 2.45) is 5.73 Å². The first-order chi connectivity index (χ1) is 7.20. The van der Waals surface area contributed by atoms with Gasteiger partial charge in [-0.25, -0.2) is 9.67 Å². The zero-order valence-electron chi connectivity index (χ0n) is 9.34. The van der Waals surface area contributed by atoms with Gasteiger partial charge in [-0.05, 0) is 31.5 Å². The quantitative estimate of drug-likeness (QED) is 0.868. The second-order valence-corrected chi connectivity index (χ2v) is 3.57. The number of hydrogen-bond acceptors (Lipinski definition) is 3. The summed E-state index contributed by atoms with van der Waals surface area (Å²) in [4.78, 5) is 4.31. The molecule has 0 aromatic carbocycles. The largest absolute Gasteiger partial charge is 0.326 e. The lowest BCUT2D eigenvalue weighted by atomic mass is 10.3. The third-order valence-electron chi connectivity index (χ3n) is 2.27. The topological polar surface area (TPSA) is 56.7 Å². The molecule has 2 heterocycles. The van der Waals surface area contributed by atoms with Gasteiger partial charge in [-0.15, -0.1) is 12.4 Å². The average Bonchev–Trinajstić information content (AvgIpc) is 2.58. The van der Waals surface area contributed by atoms with Crippen LogP contribution in [-0.4, -0.2) is 14.8 Å². The Morgan fingerprint density at radius 2 is 2.06 bits per heavy atom. The van der Waals surface area contributed by atoms with Crippen LogP contribution >= 0.6 is 12.4 Å². The van der Waals surface area contributed by atoms with Crippen molar-refractivity contribution in [3.8, 4) is 5.82 Å². The molecule has 0 unspecified atom stereocenters. The van der Waals surface area contributed by atoms with Gasteiger partial charge in [0.2, 0.25) is 0 Å². The predicted molar refractivity (Wildman–Crippen MR) is 66.0 cm³/mol. The number of aromatic nitrogens is 3. The van der Waals surface area contributed by atoms with E-state index in [9.17, 15) is 0 Å². The Hall–Kier alpha value is -1.39. The molecule has 16 heavy (non-hydrogen) atoms. The van der Waals surface area contributed by atoms with Crippen LogP contribution in [0.3, 0.4) is 0 Å². The third kappa shape index (κ3) is 2.40. The first-order valence-corrected chi connectivity index (χ1v) is 4.89. The molecule has 0 bridgehead atoms. The van der Waals surface area contributed by atoms with Crippen molar-refractivity contribution < 1.29 is 0 Å². The van der Waals surface area contributed by atoms with Gasteiger partial charge in [-0.2, -0.15) is 5.10 Å². The van der Waals surface area contributed by atoms with Gasteiger partial charge in [0.05, 0.1) is 5.69 Å². The molecule has 0 fully saturated rings. The van der Waals surface area contributed by atoms with Gasteiger partial charge in [-0.3, -0.25) is 0 Å². The van der Waals surface area contributed by atoms with Gasteiger partial charge in [0.15, 0.2) is 5.82 Å². The van der Waals surface area contributed by atoms with Gasteiger partial charge in [-0.1, -0.05) is 6.07 Å². The molecular weight excluding hydrogens is 224 g/mol. The van der Waals surface area contributed by atoms with Crippen LogP contribution < -0.4 is 5.73 Å². The van der Waals surface area contributed by atoms with Gasteiger partial charge in [0, 0.05) is 18.4 Å². The lowest BCUT2D eigenvalue weighted by molar-refractivity contribution is 0.803. The maximum absolute atomic E-state index is 5.51. The standard InChI is InChI=1S/C11H14N4.ClH/c1-8-5-9(2)15(14-8)11-4-3-10(6-12)7-13-11;/h3-5,7H,6,12H2,1-2H3;1H. The lowest BCUT2D eigenvalue weighted by Gasteiger charge is -2.03. The van der Waals surface area contributed by atoms with E-state index in [1.54, 1.807) is 6.20 Å². The summed E-state index contributed by atoms with van der Waals surface area (Å²) in [5.74, 6) is 0.831. The number of nitrogens with two attached hydrogens (primary N) is 1. The summed E-state index contributed by atoms with van der Waals surface area (Å²) in [6.45, 7) is 4.50. The minimum absolute atomic E-state index is 0. The summed E-state index contributed by atoms with van der Waals surface area (Å²) in [6.07, 6.45) is 1.78. The molecule has 0 amide bonds. The number of pyridine rings is 1. The normalized spacial score (nSPS) is 9.94. The second kappa shape index (κ2) is 5.09. The fourth-order valence-electron chi connectivity index (χ4n) is 1.52. The second-order valence-electron chi connectivity index (χ2n) is 3.57. The summed E-state index contributed by atoms with van der Waals surface area (Å²) < 4.78 is 1.83. The maximum atomic E-state index is 5.51. The molecule has 0 atom stereocenters. The van der Waals surface area contributed by atoms with Crippen molar-refractivity contribution in [3.63, 3.8) is 0 Å². The Morgan fingerprint density at radius 1 is 1.31 bits per heavy atom. The van der Waals surface area contributed by atoms with Crippen LogP contribution in [0.1, 0.15) is 17.0 Å². The number of nitrogens with zero attached hydrogens (tertiary/aromatic N) is 3. The van der Waals surface area contributed by atoms with Gasteiger partial charge in [0.25, 0.3) is 0 Å². The van der Waals surface area contributed by atoms with Crippen molar-refractivity contribution in [3.05, 3.63) is 41.3 Å². The first-order valence-electron chi connectivity index (χ1n) is 4.89. The zero-order valence-corrected chi connectivity index (χ0v) is 10.2. The van der Waals surface area contributed by atoms with E-state index in [1.165, 1.54) is 0 Å². The smallest absolute Gasteiger partial charge is 0.153 e. The summed E-state index contributed by atoms with van der Waals surface area (Å²) in [7, 11) is 0. The van der Waals surface area contributed by atoms with E-state index < -0.39 is 0 Å². The molecule has 2 rings (SSSR count). The molecule has 0 aliphatic carbocycles. The fourth-order valence-corrected chi connectivity index (χ4v) is 1.52. The SMILES string of the molecule is Cc1cc(C)n(-c2ccc(CN)cn2)n1.Cl. The summed E-state index contributed by atoms with van der Waals surface area (Å²) in [5.41, 5.74) is 8.62. The molecule has 2 aromatic rings. The van der Waals surface area contributed by atoms with E-state index >= 15 is 0 Å². The number of halogens is 1. The molecule has 0 spiro atoms. The fraction of sp³-hybridized carbons (Fsp3) is 0.273. The molecule has 0 aliphatic rings. The first kappa shape index (κ1) is 12.7. The predicted octanol–water partition coefficient (Wildman–Crippen LogP) is 1.76. The summed E-state index contributed by atoms with van der Waals surface area (Å²) >= 11 is 0. The Balaban J connectivity index is 0.00000128. The molecule has 2 aromatic heterocycles. The van der Waals surface area contributed by atoms with Crippen molar-refractivity contribution in [2.75, 3.05) is 0 Å². The Morgan fingerprint density at radius 3 is 2.50 bits per heavy atom. The Bertz CT molecular complexity index is 461. The van der Waals surface area contributed by atoms with Crippen LogP contribution in [0.5, 0.6) is 0 Å². The number of aryl methyl sites for hydroxylation is 2. The summed E-state index contributed by atoms with van der Waals surface area (Å²) in [6, 6.07) is 5.93. The molecule has 0 saturated carbocycles. The molecular formula is C11H15ClN4. The van der Waals surface area contributed by atoms with E-state index in [0.717, 1.165) is 22.8 Å². The highest BCUT2D eigenvalue weighted by molar-refractivity contribution is 5.85. The number of rotatable bonds is 2. The van der Waals surface area contributed by atoms with E-state index in [-0.39, 0.29) is 12.4 Å². The lowest BCUT2D eigenvalue weighted by Crippen LogP contribution is -2.03. The van der Waals surface area contributed by atoms with Gasteiger partial charge >= 0.3 is 0 Å². The van der Waals surface area contributed by atoms with Crippen molar-refractivity contribution in [1.29, 1.82) is 0 Å². The molecule has 0 radical (unpaired) electrons. The highest BCUT2D eigenvalue weighted by Crippen LogP contribution is 2.09. The van der Waals surface area contributed by atoms with Gasteiger partial charge < -0.3 is 5.73 Å². The molecule has 0 saturated heterocycles. The molecule has 86 valence electrons. The highest BCUT2D eigenvalue weighted by atomic mass is 35.5. The van der Waals surface area contributed by atoms with E-state index in [0.29, 0.717) is 6.54 Å². The van der Waals surface area contributed by atoms with Crippen LogP contribution in [0.4, 0.5) is 0 Å². The van der Waals surface area contributed by atoms with Gasteiger partial charge in [0.1, 0.15) is 0 Å². The van der Waals surface area contributed by atoms with Crippen LogP contribution in [0.25, 0.3) is 5.82 Å². The number of hydrogen-bond donors (Lipinski definition) is 1. The van der Waals surface area contributed by atoms with Crippen LogP contribution in [0.2, 0.25) is 0 Å². The zero-order chi connectivity index (χ0) is 10.8. The molecule has 2 N–H and O–H groups in total. The highest BCUT2D eigenvalue weighted by Gasteiger charge is 2.03. The van der Waals surface area contributed by atoms with E-state index in [2.05, 4.69) is 10.1 Å². The minimum Gasteiger partial charge on any atom is -0.326 e. The summed E-state index contributed by atoms with van der Waals surface area (Å²) in [5, 5.41) is 4.36.